The molecule has 0 aliphatic heterocycles. The number of carboxylic acid groups (broad SMARTS) is 1. The average Bonchev–Trinajstić information content (AvgIpc) is 2.89. The minimum Gasteiger partial charge on any atom is -0.508 e. The number of aryl methyl sites for hydroxylation is 1. The van der Waals surface area contributed by atoms with Gasteiger partial charge in [-0.15, -0.1) is 0 Å². The van der Waals surface area contributed by atoms with Gasteiger partial charge in [0.15, 0.2) is 23.0 Å². The zero-order valence-electron chi connectivity index (χ0n) is 22.4. The normalized spacial score (nSPS) is 13.3. The lowest BCUT2D eigenvalue weighted by atomic mass is 9.85. The Kier molecular flexibility index (Phi) is 9.85. The predicted molar refractivity (Wildman–Crippen MR) is 144 cm³/mol. The van der Waals surface area contributed by atoms with Crippen LogP contribution >= 0.6 is 0 Å². The third-order valence-corrected chi connectivity index (χ3v) is 6.33. The van der Waals surface area contributed by atoms with E-state index in [1.54, 1.807) is 19.2 Å². The summed E-state index contributed by atoms with van der Waals surface area (Å²) >= 11 is 0. The van der Waals surface area contributed by atoms with E-state index in [0.717, 1.165) is 24.0 Å². The van der Waals surface area contributed by atoms with Crippen LogP contribution in [0, 0.1) is 6.92 Å². The van der Waals surface area contributed by atoms with Crippen LogP contribution in [0.1, 0.15) is 59.7 Å². The molecule has 0 saturated carbocycles. The van der Waals surface area contributed by atoms with E-state index in [1.807, 2.05) is 38.1 Å². The average molecular weight is 525 g/mol. The molecule has 0 fully saturated rings. The van der Waals surface area contributed by atoms with E-state index in [2.05, 4.69) is 6.92 Å². The van der Waals surface area contributed by atoms with Gasteiger partial charge in [-0.25, -0.2) is 4.79 Å². The predicted octanol–water partition coefficient (Wildman–Crippen LogP) is 5.56. The van der Waals surface area contributed by atoms with Crippen molar-refractivity contribution in [2.75, 3.05) is 20.8 Å². The van der Waals surface area contributed by atoms with Crippen LogP contribution in [0.25, 0.3) is 0 Å². The molecule has 3 N–H and O–H groups in total. The van der Waals surface area contributed by atoms with Gasteiger partial charge in [0.25, 0.3) is 0 Å². The molecule has 0 aromatic heterocycles. The highest BCUT2D eigenvalue weighted by Gasteiger charge is 2.31. The van der Waals surface area contributed by atoms with Crippen molar-refractivity contribution in [3.8, 4) is 28.7 Å². The quantitative estimate of drug-likeness (QED) is 0.266. The molecule has 0 amide bonds. The molecular formula is C30H36O8. The van der Waals surface area contributed by atoms with Crippen LogP contribution in [0.15, 0.2) is 54.6 Å². The highest BCUT2D eigenvalue weighted by atomic mass is 16.5. The number of methoxy groups -OCH3 is 2. The van der Waals surface area contributed by atoms with E-state index < -0.39 is 24.6 Å². The second kappa shape index (κ2) is 13.1. The molecule has 0 radical (unpaired) electrons. The Labute approximate surface area is 223 Å². The first-order chi connectivity index (χ1) is 18.2. The second-order valence-electron chi connectivity index (χ2n) is 9.18. The van der Waals surface area contributed by atoms with Crippen molar-refractivity contribution in [2.45, 2.75) is 51.7 Å². The number of ether oxygens (including phenoxy) is 4. The van der Waals surface area contributed by atoms with Crippen molar-refractivity contribution in [1.82, 2.24) is 0 Å². The Morgan fingerprint density at radius 2 is 1.55 bits per heavy atom. The SMILES string of the molecule is CCCC(C)Oc1ccc(C(c2ccc(C)cc2O)C(CO)Oc2ccc(C(=O)O)cc2OC)cc1OC. The molecule has 38 heavy (non-hydrogen) atoms. The molecule has 204 valence electrons. The van der Waals surface area contributed by atoms with E-state index >= 15 is 0 Å². The van der Waals surface area contributed by atoms with Crippen molar-refractivity contribution in [3.05, 3.63) is 76.9 Å². The summed E-state index contributed by atoms with van der Waals surface area (Å²) < 4.78 is 23.3. The molecule has 8 heteroatoms. The number of aromatic carboxylic acids is 1. The lowest BCUT2D eigenvalue weighted by Crippen LogP contribution is -2.30. The number of aliphatic hydroxyl groups is 1. The molecule has 0 spiro atoms. The number of phenolic OH excluding ortho intramolecular Hbond substituents is 1. The zero-order chi connectivity index (χ0) is 27.8. The van der Waals surface area contributed by atoms with E-state index in [9.17, 15) is 20.1 Å². The molecule has 0 aliphatic carbocycles. The number of hydrogen-bond donors (Lipinski definition) is 3. The lowest BCUT2D eigenvalue weighted by Gasteiger charge is -2.29. The van der Waals surface area contributed by atoms with Crippen LogP contribution in [-0.4, -0.2) is 54.3 Å². The summed E-state index contributed by atoms with van der Waals surface area (Å²) in [6.45, 7) is 5.57. The maximum Gasteiger partial charge on any atom is 0.335 e. The fourth-order valence-corrected chi connectivity index (χ4v) is 4.44. The van der Waals surface area contributed by atoms with E-state index in [4.69, 9.17) is 18.9 Å². The summed E-state index contributed by atoms with van der Waals surface area (Å²) in [7, 11) is 2.97. The van der Waals surface area contributed by atoms with Gasteiger partial charge >= 0.3 is 5.97 Å². The summed E-state index contributed by atoms with van der Waals surface area (Å²) in [4.78, 5) is 11.4. The third kappa shape index (κ3) is 6.69. The topological polar surface area (TPSA) is 115 Å². The third-order valence-electron chi connectivity index (χ3n) is 6.33. The van der Waals surface area contributed by atoms with Gasteiger partial charge in [-0.1, -0.05) is 31.5 Å². The van der Waals surface area contributed by atoms with Crippen LogP contribution in [0.2, 0.25) is 0 Å². The van der Waals surface area contributed by atoms with Gasteiger partial charge < -0.3 is 34.3 Å². The first kappa shape index (κ1) is 28.7. The molecule has 0 heterocycles. The molecule has 0 aliphatic rings. The van der Waals surface area contributed by atoms with Crippen LogP contribution in [-0.2, 0) is 0 Å². The molecule has 3 aromatic carbocycles. The number of benzene rings is 3. The van der Waals surface area contributed by atoms with E-state index in [-0.39, 0.29) is 28.9 Å². The fourth-order valence-electron chi connectivity index (χ4n) is 4.44. The van der Waals surface area contributed by atoms with Gasteiger partial charge in [-0.2, -0.15) is 0 Å². The monoisotopic (exact) mass is 524 g/mol. The molecule has 8 nitrogen and oxygen atoms in total. The molecule has 3 aromatic rings. The number of carboxylic acids is 1. The number of aliphatic hydroxyl groups excluding tert-OH is 1. The van der Waals surface area contributed by atoms with Crippen LogP contribution in [0.5, 0.6) is 28.7 Å². The standard InChI is InChI=1S/C30H36O8/c1-6-7-19(3)37-24-12-9-20(15-26(24)35-4)29(22-11-8-18(2)14-23(22)32)28(17-31)38-25-13-10-21(30(33)34)16-27(25)36-5/h8-16,19,28-29,31-32H,6-7,17H2,1-5H3,(H,33,34). The maximum atomic E-state index is 11.4. The van der Waals surface area contributed by atoms with E-state index in [1.165, 1.54) is 25.3 Å². The molecule has 0 saturated heterocycles. The summed E-state index contributed by atoms with van der Waals surface area (Å²) in [5.41, 5.74) is 2.19. The molecule has 3 unspecified atom stereocenters. The maximum absolute atomic E-state index is 11.4. The highest BCUT2D eigenvalue weighted by molar-refractivity contribution is 5.88. The summed E-state index contributed by atoms with van der Waals surface area (Å²) in [5, 5.41) is 30.7. The lowest BCUT2D eigenvalue weighted by molar-refractivity contribution is 0.0695. The van der Waals surface area contributed by atoms with Crippen LogP contribution < -0.4 is 18.9 Å². The molecule has 3 atom stereocenters. The molecule has 0 bridgehead atoms. The zero-order valence-corrected chi connectivity index (χ0v) is 22.4. The minimum atomic E-state index is -1.10. The Morgan fingerprint density at radius 3 is 2.16 bits per heavy atom. The summed E-state index contributed by atoms with van der Waals surface area (Å²) in [6, 6.07) is 15.1. The summed E-state index contributed by atoms with van der Waals surface area (Å²) in [5.74, 6) is -0.0891. The second-order valence-corrected chi connectivity index (χ2v) is 9.18. The highest BCUT2D eigenvalue weighted by Crippen LogP contribution is 2.41. The minimum absolute atomic E-state index is 0.00597. The van der Waals surface area contributed by atoms with E-state index in [0.29, 0.717) is 17.1 Å². The Balaban J connectivity index is 2.09. The number of aromatic hydroxyl groups is 1. The molecular weight excluding hydrogens is 488 g/mol. The Morgan fingerprint density at radius 1 is 0.895 bits per heavy atom. The van der Waals surface area contributed by atoms with Crippen molar-refractivity contribution < 1.29 is 39.1 Å². The smallest absolute Gasteiger partial charge is 0.335 e. The van der Waals surface area contributed by atoms with Gasteiger partial charge in [0.05, 0.1) is 38.4 Å². The largest absolute Gasteiger partial charge is 0.508 e. The van der Waals surface area contributed by atoms with Crippen LogP contribution in [0.3, 0.4) is 0 Å². The Hall–Kier alpha value is -3.91. The molecule has 3 rings (SSSR count). The van der Waals surface area contributed by atoms with Gasteiger partial charge in [-0.3, -0.25) is 0 Å². The first-order valence-corrected chi connectivity index (χ1v) is 12.5. The van der Waals surface area contributed by atoms with Gasteiger partial charge in [0, 0.05) is 5.56 Å². The van der Waals surface area contributed by atoms with Gasteiger partial charge in [-0.05, 0) is 67.8 Å². The first-order valence-electron chi connectivity index (χ1n) is 12.5. The number of hydrogen-bond acceptors (Lipinski definition) is 7. The number of phenols is 1. The Bertz CT molecular complexity index is 1240. The van der Waals surface area contributed by atoms with Crippen molar-refractivity contribution in [3.63, 3.8) is 0 Å². The van der Waals surface area contributed by atoms with Crippen LogP contribution in [0.4, 0.5) is 0 Å². The van der Waals surface area contributed by atoms with Crippen molar-refractivity contribution in [2.24, 2.45) is 0 Å². The van der Waals surface area contributed by atoms with Gasteiger partial charge in [0.1, 0.15) is 11.9 Å². The van der Waals surface area contributed by atoms with Gasteiger partial charge in [0.2, 0.25) is 0 Å². The van der Waals surface area contributed by atoms with Crippen molar-refractivity contribution in [1.29, 1.82) is 0 Å². The van der Waals surface area contributed by atoms with Crippen molar-refractivity contribution >= 4 is 5.97 Å². The summed E-state index contributed by atoms with van der Waals surface area (Å²) in [6.07, 6.45) is 1.02. The number of rotatable bonds is 13. The number of carbonyl (C=O) groups is 1. The fraction of sp³-hybridized carbons (Fsp3) is 0.367.